The number of para-hydroxylation sites is 2. The van der Waals surface area contributed by atoms with E-state index in [4.69, 9.17) is 4.42 Å². The van der Waals surface area contributed by atoms with Gasteiger partial charge in [0, 0.05) is 36.6 Å². The topological polar surface area (TPSA) is 18.1 Å². The summed E-state index contributed by atoms with van der Waals surface area (Å²) in [5.74, 6) is 0. The van der Waals surface area contributed by atoms with Gasteiger partial charge in [0.05, 0.1) is 5.52 Å². The van der Waals surface area contributed by atoms with Crippen LogP contribution in [-0.4, -0.2) is 4.57 Å². The van der Waals surface area contributed by atoms with Crippen LogP contribution in [0.15, 0.2) is 168 Å². The molecule has 0 unspecified atom stereocenters. The molecule has 0 aliphatic heterocycles. The average Bonchev–Trinajstić information content (AvgIpc) is 3.80. The summed E-state index contributed by atoms with van der Waals surface area (Å²) in [4.78, 5) is 0. The van der Waals surface area contributed by atoms with Crippen molar-refractivity contribution in [3.63, 3.8) is 0 Å². The molecular weight excluding hydrogens is 591 g/mol. The molecule has 3 heteroatoms. The van der Waals surface area contributed by atoms with Crippen LogP contribution in [0.5, 0.6) is 0 Å². The van der Waals surface area contributed by atoms with Crippen LogP contribution in [-0.2, 0) is 0 Å². The minimum atomic E-state index is 0.897. The van der Waals surface area contributed by atoms with Crippen molar-refractivity contribution >= 4 is 64.5 Å². The highest BCUT2D eigenvalue weighted by Gasteiger charge is 2.20. The molecule has 3 heterocycles. The van der Waals surface area contributed by atoms with Crippen LogP contribution in [0, 0.1) is 0 Å². The Morgan fingerprint density at radius 2 is 1.02 bits per heavy atom. The second kappa shape index (κ2) is 10.3. The fourth-order valence-electron chi connectivity index (χ4n) is 7.22. The lowest BCUT2D eigenvalue weighted by Gasteiger charge is -2.11. The first-order valence-corrected chi connectivity index (χ1v) is 16.7. The van der Waals surface area contributed by atoms with Gasteiger partial charge in [0.2, 0.25) is 0 Å². The van der Waals surface area contributed by atoms with E-state index in [1.807, 2.05) is 11.3 Å². The van der Waals surface area contributed by atoms with E-state index in [0.29, 0.717) is 0 Å². The van der Waals surface area contributed by atoms with Crippen molar-refractivity contribution in [2.45, 2.75) is 0 Å². The Morgan fingerprint density at radius 3 is 1.79 bits per heavy atom. The van der Waals surface area contributed by atoms with Gasteiger partial charge in [-0.1, -0.05) is 115 Å². The summed E-state index contributed by atoms with van der Waals surface area (Å²) in [5, 5.41) is 4.85. The largest absolute Gasteiger partial charge is 0.454 e. The van der Waals surface area contributed by atoms with Crippen molar-refractivity contribution in [2.75, 3.05) is 0 Å². The van der Waals surface area contributed by atoms with E-state index in [1.54, 1.807) is 0 Å². The molecule has 3 aromatic heterocycles. The number of benzene rings is 7. The molecule has 0 aliphatic carbocycles. The highest BCUT2D eigenvalue weighted by Crippen LogP contribution is 2.43. The zero-order chi connectivity index (χ0) is 30.9. The number of rotatable bonds is 4. The summed E-state index contributed by atoms with van der Waals surface area (Å²) in [6.45, 7) is 0. The zero-order valence-corrected chi connectivity index (χ0v) is 26.2. The Morgan fingerprint density at radius 1 is 0.426 bits per heavy atom. The molecule has 0 saturated heterocycles. The molecule has 10 aromatic rings. The van der Waals surface area contributed by atoms with Crippen LogP contribution in [0.4, 0.5) is 0 Å². The molecule has 0 N–H and O–H groups in total. The lowest BCUT2D eigenvalue weighted by molar-refractivity contribution is 0.673. The monoisotopic (exact) mass is 617 g/mol. The summed E-state index contributed by atoms with van der Waals surface area (Å²) in [6.07, 6.45) is 0. The van der Waals surface area contributed by atoms with Crippen LogP contribution < -0.4 is 0 Å². The normalized spacial score (nSPS) is 11.8. The molecule has 220 valence electrons. The third-order valence-corrected chi connectivity index (χ3v) is 10.5. The zero-order valence-electron chi connectivity index (χ0n) is 25.4. The van der Waals surface area contributed by atoms with Crippen molar-refractivity contribution in [1.29, 1.82) is 0 Å². The first kappa shape index (κ1) is 26.3. The fourth-order valence-corrected chi connectivity index (χ4v) is 8.41. The maximum atomic E-state index is 6.57. The Bertz CT molecular complexity index is 2780. The molecule has 0 amide bonds. The van der Waals surface area contributed by atoms with E-state index in [0.717, 1.165) is 38.7 Å². The maximum absolute atomic E-state index is 6.57. The average molecular weight is 618 g/mol. The van der Waals surface area contributed by atoms with Crippen LogP contribution in [0.25, 0.3) is 92.2 Å². The SMILES string of the molecule is c1ccc(-c2ccc3c(c2)sc2cc(-c4ccccc4-c4ccc5oc6c7ccccc7n(-c7ccccc7)c6c5c4)ccc23)cc1. The fraction of sp³-hybridized carbons (Fsp3) is 0. The van der Waals surface area contributed by atoms with Crippen molar-refractivity contribution in [3.05, 3.63) is 164 Å². The minimum Gasteiger partial charge on any atom is -0.454 e. The van der Waals surface area contributed by atoms with E-state index in [1.165, 1.54) is 53.6 Å². The molecule has 0 saturated carbocycles. The molecule has 0 fully saturated rings. The van der Waals surface area contributed by atoms with Crippen molar-refractivity contribution < 1.29 is 4.42 Å². The Hall–Kier alpha value is -5.90. The molecule has 0 bridgehead atoms. The summed E-state index contributed by atoms with van der Waals surface area (Å²) in [5.41, 5.74) is 12.5. The smallest absolute Gasteiger partial charge is 0.161 e. The summed E-state index contributed by atoms with van der Waals surface area (Å²) < 4.78 is 11.5. The molecule has 0 radical (unpaired) electrons. The van der Waals surface area contributed by atoms with Crippen molar-refractivity contribution in [1.82, 2.24) is 4.57 Å². The van der Waals surface area contributed by atoms with Gasteiger partial charge in [-0.15, -0.1) is 11.3 Å². The molecule has 7 aromatic carbocycles. The Labute approximate surface area is 275 Å². The van der Waals surface area contributed by atoms with E-state index in [9.17, 15) is 0 Å². The van der Waals surface area contributed by atoms with Gasteiger partial charge >= 0.3 is 0 Å². The minimum absolute atomic E-state index is 0.897. The highest BCUT2D eigenvalue weighted by molar-refractivity contribution is 7.25. The standard InChI is InChI=1S/C44H27NOS/c1-3-11-28(12-4-1)29-19-22-35-36-23-20-31(27-42(36)47-41(35)26-29)34-16-8-7-15-33(34)30-21-24-40-38(25-30)43-44(46-40)37-17-9-10-18-39(37)45(43)32-13-5-2-6-14-32/h1-27H. The number of furan rings is 1. The van der Waals surface area contributed by atoms with Crippen LogP contribution in [0.2, 0.25) is 0 Å². The first-order valence-electron chi connectivity index (χ1n) is 15.9. The molecule has 2 nitrogen and oxygen atoms in total. The highest BCUT2D eigenvalue weighted by atomic mass is 32.1. The maximum Gasteiger partial charge on any atom is 0.161 e. The van der Waals surface area contributed by atoms with Crippen molar-refractivity contribution in [2.24, 2.45) is 0 Å². The first-order chi connectivity index (χ1) is 23.3. The van der Waals surface area contributed by atoms with Crippen LogP contribution in [0.1, 0.15) is 0 Å². The third kappa shape index (κ3) is 4.10. The lowest BCUT2D eigenvalue weighted by Crippen LogP contribution is -1.93. The summed E-state index contributed by atoms with van der Waals surface area (Å²) in [6, 6.07) is 58.9. The van der Waals surface area contributed by atoms with Gasteiger partial charge < -0.3 is 8.98 Å². The Balaban J connectivity index is 1.13. The third-order valence-electron chi connectivity index (χ3n) is 9.42. The Kier molecular flexibility index (Phi) is 5.78. The van der Waals surface area contributed by atoms with Gasteiger partial charge in [-0.2, -0.15) is 0 Å². The molecular formula is C44H27NOS. The number of thiophene rings is 1. The van der Waals surface area contributed by atoms with Gasteiger partial charge in [0.1, 0.15) is 11.1 Å². The van der Waals surface area contributed by atoms with Gasteiger partial charge in [-0.25, -0.2) is 0 Å². The number of hydrogen-bond donors (Lipinski definition) is 0. The van der Waals surface area contributed by atoms with Gasteiger partial charge in [0.25, 0.3) is 0 Å². The van der Waals surface area contributed by atoms with E-state index < -0.39 is 0 Å². The molecule has 0 spiro atoms. The van der Waals surface area contributed by atoms with Crippen LogP contribution >= 0.6 is 11.3 Å². The number of aromatic nitrogens is 1. The summed E-state index contributed by atoms with van der Waals surface area (Å²) >= 11 is 1.87. The van der Waals surface area contributed by atoms with E-state index >= 15 is 0 Å². The van der Waals surface area contributed by atoms with E-state index in [2.05, 4.69) is 168 Å². The summed E-state index contributed by atoms with van der Waals surface area (Å²) in [7, 11) is 0. The quantitative estimate of drug-likeness (QED) is 0.192. The second-order valence-electron chi connectivity index (χ2n) is 12.1. The van der Waals surface area contributed by atoms with Gasteiger partial charge in [0.15, 0.2) is 5.58 Å². The van der Waals surface area contributed by atoms with Crippen molar-refractivity contribution in [3.8, 4) is 39.1 Å². The second-order valence-corrected chi connectivity index (χ2v) is 13.2. The predicted molar refractivity (Wildman–Crippen MR) is 200 cm³/mol. The predicted octanol–water partition coefficient (Wildman–Crippen LogP) is 12.9. The number of fused-ring (bicyclic) bond motifs is 8. The van der Waals surface area contributed by atoms with Gasteiger partial charge in [-0.05, 0) is 81.9 Å². The lowest BCUT2D eigenvalue weighted by atomic mass is 9.93. The van der Waals surface area contributed by atoms with E-state index in [-0.39, 0.29) is 0 Å². The van der Waals surface area contributed by atoms with Crippen LogP contribution in [0.3, 0.4) is 0 Å². The number of nitrogens with zero attached hydrogens (tertiary/aromatic N) is 1. The molecule has 47 heavy (non-hydrogen) atoms. The van der Waals surface area contributed by atoms with Gasteiger partial charge in [-0.3, -0.25) is 0 Å². The number of hydrogen-bond acceptors (Lipinski definition) is 2. The molecule has 0 aliphatic rings. The molecule has 0 atom stereocenters. The molecule has 10 rings (SSSR count).